The van der Waals surface area contributed by atoms with Crippen LogP contribution >= 0.6 is 0 Å². The van der Waals surface area contributed by atoms with E-state index >= 15 is 0 Å². The molecule has 0 saturated carbocycles. The summed E-state index contributed by atoms with van der Waals surface area (Å²) in [5.41, 5.74) is 0.896. The second-order valence-corrected chi connectivity index (χ2v) is 3.71. The van der Waals surface area contributed by atoms with Gasteiger partial charge in [0.2, 0.25) is 0 Å². The lowest BCUT2D eigenvalue weighted by molar-refractivity contribution is -0.140. The first-order chi connectivity index (χ1) is 8.24. The molecule has 1 aromatic carbocycles. The van der Waals surface area contributed by atoms with Crippen molar-refractivity contribution < 1.29 is 19.4 Å². The summed E-state index contributed by atoms with van der Waals surface area (Å²) < 4.78 is 10.5. The highest BCUT2D eigenvalue weighted by Gasteiger charge is 2.15. The predicted molar refractivity (Wildman–Crippen MR) is 63.9 cm³/mol. The molecule has 1 unspecified atom stereocenters. The van der Waals surface area contributed by atoms with Crippen molar-refractivity contribution in [3.63, 3.8) is 0 Å². The number of ether oxygens (including phenoxy) is 2. The van der Waals surface area contributed by atoms with Crippen molar-refractivity contribution >= 4 is 5.97 Å². The molecule has 0 aromatic heterocycles. The highest BCUT2D eigenvalue weighted by Crippen LogP contribution is 2.21. The van der Waals surface area contributed by atoms with Gasteiger partial charge in [0.15, 0.2) is 0 Å². The Bertz CT molecular complexity index is 323. The fourth-order valence-corrected chi connectivity index (χ4v) is 1.53. The Morgan fingerprint density at radius 1 is 1.29 bits per heavy atom. The Morgan fingerprint density at radius 3 is 2.59 bits per heavy atom. The zero-order valence-electron chi connectivity index (χ0n) is 9.96. The number of carboxylic acid groups (broad SMARTS) is 1. The predicted octanol–water partition coefficient (Wildman–Crippen LogP) is 2.26. The Morgan fingerprint density at radius 2 is 2.00 bits per heavy atom. The smallest absolute Gasteiger partial charge is 0.306 e. The van der Waals surface area contributed by atoms with Crippen molar-refractivity contribution in [3.8, 4) is 0 Å². The third-order valence-corrected chi connectivity index (χ3v) is 2.34. The summed E-state index contributed by atoms with van der Waals surface area (Å²) in [7, 11) is 1.63. The van der Waals surface area contributed by atoms with Crippen LogP contribution in [0.15, 0.2) is 30.3 Å². The van der Waals surface area contributed by atoms with Gasteiger partial charge in [-0.3, -0.25) is 4.79 Å². The molecular weight excluding hydrogens is 220 g/mol. The molecule has 0 fully saturated rings. The second kappa shape index (κ2) is 7.81. The average Bonchev–Trinajstić information content (AvgIpc) is 2.34. The zero-order valence-corrected chi connectivity index (χ0v) is 9.96. The largest absolute Gasteiger partial charge is 0.481 e. The van der Waals surface area contributed by atoms with Gasteiger partial charge in [-0.25, -0.2) is 0 Å². The fraction of sp³-hybridized carbons (Fsp3) is 0.462. The lowest BCUT2D eigenvalue weighted by atomic mass is 10.1. The van der Waals surface area contributed by atoms with E-state index < -0.39 is 5.97 Å². The molecule has 1 N–H and O–H groups in total. The summed E-state index contributed by atoms with van der Waals surface area (Å²) in [6, 6.07) is 9.41. The number of hydrogen-bond acceptors (Lipinski definition) is 3. The molecule has 0 aliphatic rings. The number of carboxylic acids is 1. The number of aliphatic carboxylic acids is 1. The van der Waals surface area contributed by atoms with Gasteiger partial charge in [-0.2, -0.15) is 0 Å². The summed E-state index contributed by atoms with van der Waals surface area (Å²) in [6.45, 7) is 1.12. The average molecular weight is 238 g/mol. The monoisotopic (exact) mass is 238 g/mol. The Labute approximate surface area is 101 Å². The van der Waals surface area contributed by atoms with Crippen molar-refractivity contribution in [2.45, 2.75) is 18.9 Å². The Balaban J connectivity index is 2.52. The van der Waals surface area contributed by atoms with E-state index in [4.69, 9.17) is 14.6 Å². The van der Waals surface area contributed by atoms with Gasteiger partial charge in [-0.1, -0.05) is 30.3 Å². The minimum atomic E-state index is -0.856. The molecular formula is C13H18O4. The van der Waals surface area contributed by atoms with Gasteiger partial charge in [0.05, 0.1) is 12.5 Å². The van der Waals surface area contributed by atoms with E-state index in [0.29, 0.717) is 13.2 Å². The SMILES string of the molecule is COCCCOC(CC(=O)O)c1ccccc1. The van der Waals surface area contributed by atoms with Crippen LogP contribution in [0.3, 0.4) is 0 Å². The van der Waals surface area contributed by atoms with Crippen LogP contribution in [0.4, 0.5) is 0 Å². The quantitative estimate of drug-likeness (QED) is 0.706. The fourth-order valence-electron chi connectivity index (χ4n) is 1.53. The van der Waals surface area contributed by atoms with Gasteiger partial charge < -0.3 is 14.6 Å². The topological polar surface area (TPSA) is 55.8 Å². The number of carbonyl (C=O) groups is 1. The van der Waals surface area contributed by atoms with Crippen LogP contribution in [0.1, 0.15) is 24.5 Å². The number of benzene rings is 1. The number of rotatable bonds is 8. The molecule has 0 radical (unpaired) electrons. The van der Waals surface area contributed by atoms with E-state index in [9.17, 15) is 4.79 Å². The van der Waals surface area contributed by atoms with Gasteiger partial charge in [0, 0.05) is 20.3 Å². The molecule has 0 aliphatic carbocycles. The second-order valence-electron chi connectivity index (χ2n) is 3.71. The zero-order chi connectivity index (χ0) is 12.5. The van der Waals surface area contributed by atoms with E-state index in [1.54, 1.807) is 7.11 Å². The molecule has 94 valence electrons. The third-order valence-electron chi connectivity index (χ3n) is 2.34. The molecule has 0 bridgehead atoms. The van der Waals surface area contributed by atoms with Gasteiger partial charge >= 0.3 is 5.97 Å². The van der Waals surface area contributed by atoms with Crippen LogP contribution in [-0.2, 0) is 14.3 Å². The molecule has 0 aliphatic heterocycles. The molecule has 1 rings (SSSR count). The lowest BCUT2D eigenvalue weighted by Gasteiger charge is -2.16. The van der Waals surface area contributed by atoms with Crippen LogP contribution in [0.5, 0.6) is 0 Å². The summed E-state index contributed by atoms with van der Waals surface area (Å²) in [5.74, 6) is -0.856. The summed E-state index contributed by atoms with van der Waals surface area (Å²) >= 11 is 0. The highest BCUT2D eigenvalue weighted by molar-refractivity contribution is 5.67. The maximum Gasteiger partial charge on any atom is 0.306 e. The van der Waals surface area contributed by atoms with Gasteiger partial charge in [0.25, 0.3) is 0 Å². The van der Waals surface area contributed by atoms with Crippen LogP contribution in [-0.4, -0.2) is 31.4 Å². The third kappa shape index (κ3) is 5.47. The van der Waals surface area contributed by atoms with Gasteiger partial charge in [-0.15, -0.1) is 0 Å². The van der Waals surface area contributed by atoms with Crippen LogP contribution in [0.2, 0.25) is 0 Å². The van der Waals surface area contributed by atoms with Crippen LogP contribution < -0.4 is 0 Å². The van der Waals surface area contributed by atoms with Crippen molar-refractivity contribution in [2.75, 3.05) is 20.3 Å². The molecule has 0 saturated heterocycles. The van der Waals surface area contributed by atoms with E-state index in [0.717, 1.165) is 12.0 Å². The molecule has 0 spiro atoms. The Kier molecular flexibility index (Phi) is 6.29. The van der Waals surface area contributed by atoms with Gasteiger partial charge in [0.1, 0.15) is 0 Å². The van der Waals surface area contributed by atoms with E-state index in [2.05, 4.69) is 0 Å². The van der Waals surface area contributed by atoms with Crippen molar-refractivity contribution in [2.24, 2.45) is 0 Å². The number of methoxy groups -OCH3 is 1. The molecule has 4 heteroatoms. The molecule has 0 heterocycles. The first kappa shape index (κ1) is 13.7. The van der Waals surface area contributed by atoms with Crippen molar-refractivity contribution in [3.05, 3.63) is 35.9 Å². The standard InChI is InChI=1S/C13H18O4/c1-16-8-5-9-17-12(10-13(14)15)11-6-3-2-4-7-11/h2-4,6-7,12H,5,8-10H2,1H3,(H,14,15). The first-order valence-electron chi connectivity index (χ1n) is 5.61. The van der Waals surface area contributed by atoms with E-state index in [1.807, 2.05) is 30.3 Å². The van der Waals surface area contributed by atoms with Crippen LogP contribution in [0, 0.1) is 0 Å². The van der Waals surface area contributed by atoms with Crippen molar-refractivity contribution in [1.29, 1.82) is 0 Å². The first-order valence-corrected chi connectivity index (χ1v) is 5.61. The maximum atomic E-state index is 10.8. The molecule has 4 nitrogen and oxygen atoms in total. The summed E-state index contributed by atoms with van der Waals surface area (Å²) in [6.07, 6.45) is 0.363. The highest BCUT2D eigenvalue weighted by atomic mass is 16.5. The van der Waals surface area contributed by atoms with Gasteiger partial charge in [-0.05, 0) is 12.0 Å². The minimum absolute atomic E-state index is 0.0169. The van der Waals surface area contributed by atoms with Crippen molar-refractivity contribution in [1.82, 2.24) is 0 Å². The summed E-state index contributed by atoms with van der Waals surface area (Å²) in [4.78, 5) is 10.8. The molecule has 0 amide bonds. The van der Waals surface area contributed by atoms with Crippen LogP contribution in [0.25, 0.3) is 0 Å². The number of hydrogen-bond donors (Lipinski definition) is 1. The van der Waals surface area contributed by atoms with E-state index in [1.165, 1.54) is 0 Å². The van der Waals surface area contributed by atoms with E-state index in [-0.39, 0.29) is 12.5 Å². The normalized spacial score (nSPS) is 12.3. The molecule has 1 aromatic rings. The Hall–Kier alpha value is -1.39. The summed E-state index contributed by atoms with van der Waals surface area (Å²) in [5, 5.41) is 8.84. The minimum Gasteiger partial charge on any atom is -0.481 e. The maximum absolute atomic E-state index is 10.8. The molecule has 1 atom stereocenters. The lowest BCUT2D eigenvalue weighted by Crippen LogP contribution is -2.11. The molecule has 17 heavy (non-hydrogen) atoms.